The summed E-state index contributed by atoms with van der Waals surface area (Å²) in [5, 5.41) is 3.80. The molecule has 2 aromatic heterocycles. The summed E-state index contributed by atoms with van der Waals surface area (Å²) < 4.78 is 1.24. The molecule has 2 rings (SSSR count). The molecule has 0 amide bonds. The Hall–Kier alpha value is -1.65. The summed E-state index contributed by atoms with van der Waals surface area (Å²) in [4.78, 5) is 18.0. The van der Waals surface area contributed by atoms with E-state index in [9.17, 15) is 4.79 Å². The van der Waals surface area contributed by atoms with Gasteiger partial charge in [-0.1, -0.05) is 6.92 Å². The summed E-state index contributed by atoms with van der Waals surface area (Å²) in [5.74, 6) is 0.688. The number of aromatic nitrogens is 4. The summed E-state index contributed by atoms with van der Waals surface area (Å²) in [6.45, 7) is 1.94. The first-order valence-electron chi connectivity index (χ1n) is 3.74. The number of hydrogen-bond donors (Lipinski definition) is 1. The van der Waals surface area contributed by atoms with Crippen molar-refractivity contribution in [1.29, 1.82) is 0 Å². The van der Waals surface area contributed by atoms with E-state index in [-0.39, 0.29) is 5.69 Å². The number of rotatable bonds is 1. The van der Waals surface area contributed by atoms with Crippen LogP contribution in [0.25, 0.3) is 5.65 Å². The molecule has 5 nitrogen and oxygen atoms in total. The van der Waals surface area contributed by atoms with Crippen molar-refractivity contribution in [3.63, 3.8) is 0 Å². The predicted molar refractivity (Wildman–Crippen MR) is 43.0 cm³/mol. The standard InChI is InChI=1S/C7H8N4O/c1-2-5-9-6-3-4-8-11(6)7(12)10-5/h3-4H,2H2,1H3,(H,9,10,12). The largest absolute Gasteiger partial charge is 0.349 e. The second-order valence-electron chi connectivity index (χ2n) is 2.44. The minimum absolute atomic E-state index is 0.234. The lowest BCUT2D eigenvalue weighted by Gasteiger charge is -1.95. The first-order valence-corrected chi connectivity index (χ1v) is 3.74. The van der Waals surface area contributed by atoms with Crippen molar-refractivity contribution in [2.75, 3.05) is 0 Å². The summed E-state index contributed by atoms with van der Waals surface area (Å²) in [5.41, 5.74) is 0.359. The maximum Gasteiger partial charge on any atom is 0.349 e. The van der Waals surface area contributed by atoms with Crippen LogP contribution >= 0.6 is 0 Å². The van der Waals surface area contributed by atoms with Gasteiger partial charge in [-0.25, -0.2) is 9.78 Å². The van der Waals surface area contributed by atoms with Gasteiger partial charge in [0.25, 0.3) is 0 Å². The monoisotopic (exact) mass is 164 g/mol. The highest BCUT2D eigenvalue weighted by Crippen LogP contribution is 1.93. The average Bonchev–Trinajstić information content (AvgIpc) is 2.52. The molecule has 0 aliphatic rings. The van der Waals surface area contributed by atoms with Crippen LogP contribution in [0.3, 0.4) is 0 Å². The lowest BCUT2D eigenvalue weighted by molar-refractivity contribution is 0.797. The van der Waals surface area contributed by atoms with Crippen molar-refractivity contribution in [2.45, 2.75) is 13.3 Å². The third-order valence-electron chi connectivity index (χ3n) is 1.65. The molecule has 2 aromatic rings. The second kappa shape index (κ2) is 2.44. The maximum absolute atomic E-state index is 11.2. The highest BCUT2D eigenvalue weighted by atomic mass is 16.1. The zero-order chi connectivity index (χ0) is 8.55. The van der Waals surface area contributed by atoms with Crippen LogP contribution in [-0.4, -0.2) is 19.6 Å². The van der Waals surface area contributed by atoms with E-state index in [0.717, 1.165) is 6.42 Å². The van der Waals surface area contributed by atoms with Gasteiger partial charge in [0.1, 0.15) is 5.82 Å². The quantitative estimate of drug-likeness (QED) is 0.644. The maximum atomic E-state index is 11.2. The number of H-pyrrole nitrogens is 1. The van der Waals surface area contributed by atoms with Crippen LogP contribution in [-0.2, 0) is 6.42 Å². The molecule has 62 valence electrons. The highest BCUT2D eigenvalue weighted by molar-refractivity contribution is 5.34. The van der Waals surface area contributed by atoms with Crippen molar-refractivity contribution >= 4 is 5.65 Å². The fourth-order valence-corrected chi connectivity index (χ4v) is 1.05. The van der Waals surface area contributed by atoms with Gasteiger partial charge in [0, 0.05) is 12.5 Å². The Morgan fingerprint density at radius 2 is 2.50 bits per heavy atom. The predicted octanol–water partition coefficient (Wildman–Crippen LogP) is -0.0200. The molecule has 0 aromatic carbocycles. The number of nitrogens with one attached hydrogen (secondary N) is 1. The Morgan fingerprint density at radius 3 is 3.25 bits per heavy atom. The van der Waals surface area contributed by atoms with Crippen molar-refractivity contribution < 1.29 is 0 Å². The Labute approximate surface area is 68.1 Å². The molecule has 0 atom stereocenters. The first-order chi connectivity index (χ1) is 5.81. The fourth-order valence-electron chi connectivity index (χ4n) is 1.05. The van der Waals surface area contributed by atoms with Gasteiger partial charge < -0.3 is 0 Å². The summed E-state index contributed by atoms with van der Waals surface area (Å²) in [7, 11) is 0. The SMILES string of the molecule is CCc1nc2ccnn2c(=O)[nH]1. The zero-order valence-corrected chi connectivity index (χ0v) is 6.61. The van der Waals surface area contributed by atoms with E-state index in [2.05, 4.69) is 15.1 Å². The zero-order valence-electron chi connectivity index (χ0n) is 6.61. The van der Waals surface area contributed by atoms with Crippen LogP contribution in [0.1, 0.15) is 12.7 Å². The first kappa shape index (κ1) is 7.02. The highest BCUT2D eigenvalue weighted by Gasteiger charge is 2.00. The van der Waals surface area contributed by atoms with E-state index in [1.54, 1.807) is 12.3 Å². The molecule has 1 N–H and O–H groups in total. The van der Waals surface area contributed by atoms with E-state index in [1.807, 2.05) is 6.92 Å². The van der Waals surface area contributed by atoms with Crippen molar-refractivity contribution in [3.8, 4) is 0 Å². The fraction of sp³-hybridized carbons (Fsp3) is 0.286. The molecule has 0 saturated heterocycles. The number of nitrogens with zero attached hydrogens (tertiary/aromatic N) is 3. The summed E-state index contributed by atoms with van der Waals surface area (Å²) in [6.07, 6.45) is 2.27. The van der Waals surface area contributed by atoms with Gasteiger partial charge in [0.15, 0.2) is 5.65 Å². The Bertz CT molecular complexity index is 456. The minimum Gasteiger partial charge on any atom is -0.294 e. The van der Waals surface area contributed by atoms with Gasteiger partial charge in [-0.3, -0.25) is 4.98 Å². The van der Waals surface area contributed by atoms with Crippen LogP contribution < -0.4 is 5.69 Å². The number of aryl methyl sites for hydroxylation is 1. The van der Waals surface area contributed by atoms with E-state index < -0.39 is 0 Å². The second-order valence-corrected chi connectivity index (χ2v) is 2.44. The normalized spacial score (nSPS) is 10.8. The smallest absolute Gasteiger partial charge is 0.294 e. The number of aromatic amines is 1. The van der Waals surface area contributed by atoms with Gasteiger partial charge in [-0.05, 0) is 0 Å². The summed E-state index contributed by atoms with van der Waals surface area (Å²) in [6, 6.07) is 1.70. The molecular weight excluding hydrogens is 156 g/mol. The van der Waals surface area contributed by atoms with Gasteiger partial charge in [0.05, 0.1) is 6.20 Å². The van der Waals surface area contributed by atoms with Crippen molar-refractivity contribution in [2.24, 2.45) is 0 Å². The molecule has 0 aliphatic carbocycles. The van der Waals surface area contributed by atoms with Crippen LogP contribution in [0.4, 0.5) is 0 Å². The third-order valence-corrected chi connectivity index (χ3v) is 1.65. The molecule has 0 saturated carbocycles. The van der Waals surface area contributed by atoms with E-state index >= 15 is 0 Å². The van der Waals surface area contributed by atoms with E-state index in [4.69, 9.17) is 0 Å². The lowest BCUT2D eigenvalue weighted by Crippen LogP contribution is -2.20. The number of fused-ring (bicyclic) bond motifs is 1. The molecule has 5 heteroatoms. The molecular formula is C7H8N4O. The van der Waals surface area contributed by atoms with Gasteiger partial charge in [-0.2, -0.15) is 9.61 Å². The molecule has 2 heterocycles. The molecule has 0 bridgehead atoms. The summed E-state index contributed by atoms with van der Waals surface area (Å²) >= 11 is 0. The Kier molecular flexibility index (Phi) is 1.43. The van der Waals surface area contributed by atoms with Gasteiger partial charge >= 0.3 is 5.69 Å². The molecule has 0 fully saturated rings. The molecule has 0 spiro atoms. The molecule has 12 heavy (non-hydrogen) atoms. The Balaban J connectivity index is 2.84. The Morgan fingerprint density at radius 1 is 1.67 bits per heavy atom. The number of hydrogen-bond acceptors (Lipinski definition) is 3. The van der Waals surface area contributed by atoms with Crippen LogP contribution in [0.2, 0.25) is 0 Å². The third kappa shape index (κ3) is 0.903. The average molecular weight is 164 g/mol. The molecule has 0 unspecified atom stereocenters. The van der Waals surface area contributed by atoms with E-state index in [0.29, 0.717) is 11.5 Å². The van der Waals surface area contributed by atoms with E-state index in [1.165, 1.54) is 4.52 Å². The van der Waals surface area contributed by atoms with Crippen LogP contribution in [0.15, 0.2) is 17.1 Å². The molecule has 0 radical (unpaired) electrons. The van der Waals surface area contributed by atoms with Crippen LogP contribution in [0, 0.1) is 0 Å². The van der Waals surface area contributed by atoms with Crippen molar-refractivity contribution in [1.82, 2.24) is 19.6 Å². The van der Waals surface area contributed by atoms with Gasteiger partial charge in [-0.15, -0.1) is 0 Å². The van der Waals surface area contributed by atoms with Crippen molar-refractivity contribution in [3.05, 3.63) is 28.6 Å². The lowest BCUT2D eigenvalue weighted by atomic mass is 10.4. The minimum atomic E-state index is -0.234. The molecule has 0 aliphatic heterocycles. The topological polar surface area (TPSA) is 63.1 Å². The van der Waals surface area contributed by atoms with Crippen LogP contribution in [0.5, 0.6) is 0 Å². The van der Waals surface area contributed by atoms with Gasteiger partial charge in [0.2, 0.25) is 0 Å².